The average Bonchev–Trinajstić information content (AvgIpc) is 2.12. The van der Waals surface area contributed by atoms with Gasteiger partial charge in [-0.05, 0) is 19.1 Å². The second-order valence-corrected chi connectivity index (χ2v) is 3.46. The van der Waals surface area contributed by atoms with E-state index in [9.17, 15) is 22.0 Å². The Bertz CT molecular complexity index is 379. The fraction of sp³-hybridized carbons (Fsp3) is 0.400. The first-order chi connectivity index (χ1) is 7.74. The summed E-state index contributed by atoms with van der Waals surface area (Å²) in [4.78, 5) is 0.574. The molecule has 0 unspecified atom stereocenters. The van der Waals surface area contributed by atoms with Crippen LogP contribution in [0.15, 0.2) is 12.1 Å². The molecule has 0 amide bonds. The van der Waals surface area contributed by atoms with Gasteiger partial charge in [0.1, 0.15) is 12.2 Å². The van der Waals surface area contributed by atoms with Crippen molar-refractivity contribution in [2.24, 2.45) is 0 Å². The van der Waals surface area contributed by atoms with E-state index in [0.717, 1.165) is 12.1 Å². The van der Waals surface area contributed by atoms with E-state index in [2.05, 4.69) is 0 Å². The SMILES string of the molecule is CCN(CC(F)(F)F)c1c(F)cc(N)cc1F. The van der Waals surface area contributed by atoms with E-state index in [1.165, 1.54) is 6.92 Å². The van der Waals surface area contributed by atoms with Crippen LogP contribution in [0, 0.1) is 11.6 Å². The number of nitrogen functional groups attached to an aromatic ring is 1. The molecule has 0 aromatic heterocycles. The summed E-state index contributed by atoms with van der Waals surface area (Å²) in [7, 11) is 0. The Morgan fingerprint density at radius 2 is 1.65 bits per heavy atom. The zero-order valence-electron chi connectivity index (χ0n) is 8.98. The van der Waals surface area contributed by atoms with Crippen molar-refractivity contribution in [3.8, 4) is 0 Å². The van der Waals surface area contributed by atoms with Gasteiger partial charge < -0.3 is 10.6 Å². The fourth-order valence-corrected chi connectivity index (χ4v) is 1.45. The van der Waals surface area contributed by atoms with Gasteiger partial charge in [-0.15, -0.1) is 0 Å². The highest BCUT2D eigenvalue weighted by Gasteiger charge is 2.32. The fourth-order valence-electron chi connectivity index (χ4n) is 1.45. The Kier molecular flexibility index (Phi) is 3.79. The van der Waals surface area contributed by atoms with Crippen LogP contribution in [-0.4, -0.2) is 19.3 Å². The average molecular weight is 254 g/mol. The van der Waals surface area contributed by atoms with Crippen molar-refractivity contribution in [2.75, 3.05) is 23.7 Å². The quantitative estimate of drug-likeness (QED) is 0.663. The molecule has 0 aliphatic carbocycles. The minimum atomic E-state index is -4.53. The third-order valence-corrected chi connectivity index (χ3v) is 2.11. The molecule has 0 radical (unpaired) electrons. The highest BCUT2D eigenvalue weighted by molar-refractivity contribution is 5.55. The van der Waals surface area contributed by atoms with Crippen LogP contribution in [0.3, 0.4) is 0 Å². The molecule has 7 heteroatoms. The number of nitrogens with zero attached hydrogens (tertiary/aromatic N) is 1. The Hall–Kier alpha value is -1.53. The molecule has 0 aliphatic rings. The predicted octanol–water partition coefficient (Wildman–Crippen LogP) is 2.94. The minimum absolute atomic E-state index is 0.169. The Morgan fingerprint density at radius 1 is 1.18 bits per heavy atom. The molecular weight excluding hydrogens is 243 g/mol. The predicted molar refractivity (Wildman–Crippen MR) is 54.7 cm³/mol. The monoisotopic (exact) mass is 254 g/mol. The molecule has 0 saturated carbocycles. The van der Waals surface area contributed by atoms with E-state index >= 15 is 0 Å². The van der Waals surface area contributed by atoms with Crippen LogP contribution in [-0.2, 0) is 0 Å². The Labute approximate surface area is 94.8 Å². The number of hydrogen-bond donors (Lipinski definition) is 1. The maximum Gasteiger partial charge on any atom is 0.405 e. The van der Waals surface area contributed by atoms with Gasteiger partial charge in [0.15, 0.2) is 11.6 Å². The van der Waals surface area contributed by atoms with Gasteiger partial charge in [-0.25, -0.2) is 8.78 Å². The third-order valence-electron chi connectivity index (χ3n) is 2.11. The van der Waals surface area contributed by atoms with Gasteiger partial charge in [0.05, 0.1) is 0 Å². The van der Waals surface area contributed by atoms with Crippen LogP contribution in [0.1, 0.15) is 6.92 Å². The second kappa shape index (κ2) is 4.77. The molecule has 1 aromatic carbocycles. The lowest BCUT2D eigenvalue weighted by atomic mass is 10.2. The van der Waals surface area contributed by atoms with Crippen LogP contribution < -0.4 is 10.6 Å². The molecule has 0 atom stereocenters. The van der Waals surface area contributed by atoms with E-state index in [4.69, 9.17) is 5.73 Å². The summed E-state index contributed by atoms with van der Waals surface area (Å²) in [6.07, 6.45) is -4.53. The maximum atomic E-state index is 13.4. The van der Waals surface area contributed by atoms with Crippen molar-refractivity contribution in [3.63, 3.8) is 0 Å². The van der Waals surface area contributed by atoms with Crippen LogP contribution in [0.2, 0.25) is 0 Å². The molecule has 0 fully saturated rings. The zero-order valence-corrected chi connectivity index (χ0v) is 8.98. The lowest BCUT2D eigenvalue weighted by Gasteiger charge is -2.25. The first kappa shape index (κ1) is 13.5. The summed E-state index contributed by atoms with van der Waals surface area (Å²) in [6.45, 7) is -0.209. The Balaban J connectivity index is 3.12. The summed E-state index contributed by atoms with van der Waals surface area (Å²) in [5.41, 5.74) is 4.29. The van der Waals surface area contributed by atoms with Crippen molar-refractivity contribution in [3.05, 3.63) is 23.8 Å². The van der Waals surface area contributed by atoms with Gasteiger partial charge in [0, 0.05) is 12.2 Å². The van der Waals surface area contributed by atoms with E-state index in [1.54, 1.807) is 0 Å². The summed E-state index contributed by atoms with van der Waals surface area (Å²) in [5.74, 6) is -2.21. The number of halogens is 5. The van der Waals surface area contributed by atoms with Crippen molar-refractivity contribution in [2.45, 2.75) is 13.1 Å². The van der Waals surface area contributed by atoms with Crippen molar-refractivity contribution < 1.29 is 22.0 Å². The van der Waals surface area contributed by atoms with Gasteiger partial charge in [-0.1, -0.05) is 0 Å². The van der Waals surface area contributed by atoms with Crippen molar-refractivity contribution in [1.29, 1.82) is 0 Å². The normalized spacial score (nSPS) is 11.6. The molecule has 0 aliphatic heterocycles. The summed E-state index contributed by atoms with van der Waals surface area (Å²) < 4.78 is 63.4. The molecule has 96 valence electrons. The molecule has 2 N–H and O–H groups in total. The number of nitrogens with two attached hydrogens (primary N) is 1. The van der Waals surface area contributed by atoms with E-state index in [1.807, 2.05) is 0 Å². The largest absolute Gasteiger partial charge is 0.405 e. The molecule has 0 spiro atoms. The molecule has 0 heterocycles. The summed E-state index contributed by atoms with van der Waals surface area (Å²) in [6, 6.07) is 1.58. The van der Waals surface area contributed by atoms with Crippen LogP contribution >= 0.6 is 0 Å². The molecule has 1 rings (SSSR count). The number of anilines is 2. The summed E-state index contributed by atoms with van der Waals surface area (Å²) >= 11 is 0. The highest BCUT2D eigenvalue weighted by atomic mass is 19.4. The van der Waals surface area contributed by atoms with Crippen LogP contribution in [0.5, 0.6) is 0 Å². The number of benzene rings is 1. The zero-order chi connectivity index (χ0) is 13.2. The maximum absolute atomic E-state index is 13.4. The van der Waals surface area contributed by atoms with E-state index < -0.39 is 30.0 Å². The topological polar surface area (TPSA) is 29.3 Å². The van der Waals surface area contributed by atoms with Crippen LogP contribution in [0.4, 0.5) is 33.3 Å². The molecule has 0 saturated heterocycles. The standard InChI is InChI=1S/C10H11F5N2/c1-2-17(5-10(13,14)15)9-7(11)3-6(16)4-8(9)12/h3-4H,2,5,16H2,1H3. The lowest BCUT2D eigenvalue weighted by Crippen LogP contribution is -2.35. The van der Waals surface area contributed by atoms with E-state index in [-0.39, 0.29) is 12.2 Å². The number of rotatable bonds is 3. The lowest BCUT2D eigenvalue weighted by molar-refractivity contribution is -0.119. The van der Waals surface area contributed by atoms with Gasteiger partial charge >= 0.3 is 6.18 Å². The van der Waals surface area contributed by atoms with Crippen molar-refractivity contribution >= 4 is 11.4 Å². The second-order valence-electron chi connectivity index (χ2n) is 3.46. The van der Waals surface area contributed by atoms with Gasteiger partial charge in [-0.3, -0.25) is 0 Å². The highest BCUT2D eigenvalue weighted by Crippen LogP contribution is 2.28. The van der Waals surface area contributed by atoms with Gasteiger partial charge in [-0.2, -0.15) is 13.2 Å². The first-order valence-corrected chi connectivity index (χ1v) is 4.81. The van der Waals surface area contributed by atoms with Gasteiger partial charge in [0.25, 0.3) is 0 Å². The molecular formula is C10H11F5N2. The van der Waals surface area contributed by atoms with Gasteiger partial charge in [0.2, 0.25) is 0 Å². The van der Waals surface area contributed by atoms with Crippen LogP contribution in [0.25, 0.3) is 0 Å². The first-order valence-electron chi connectivity index (χ1n) is 4.81. The number of alkyl halides is 3. The Morgan fingerprint density at radius 3 is 2.00 bits per heavy atom. The third kappa shape index (κ3) is 3.47. The molecule has 0 bridgehead atoms. The van der Waals surface area contributed by atoms with E-state index in [0.29, 0.717) is 4.90 Å². The molecule has 1 aromatic rings. The number of hydrogen-bond acceptors (Lipinski definition) is 2. The molecule has 17 heavy (non-hydrogen) atoms. The smallest absolute Gasteiger partial charge is 0.399 e. The molecule has 2 nitrogen and oxygen atoms in total. The minimum Gasteiger partial charge on any atom is -0.399 e. The van der Waals surface area contributed by atoms with Crippen molar-refractivity contribution in [1.82, 2.24) is 0 Å². The summed E-state index contributed by atoms with van der Waals surface area (Å²) in [5, 5.41) is 0.